The first-order valence-corrected chi connectivity index (χ1v) is 6.73. The van der Waals surface area contributed by atoms with E-state index in [2.05, 4.69) is 65.7 Å². The van der Waals surface area contributed by atoms with Gasteiger partial charge in [-0.3, -0.25) is 0 Å². The highest BCUT2D eigenvalue weighted by molar-refractivity contribution is 5.21. The molecule has 1 saturated carbocycles. The Hall–Kier alpha value is -1.54. The first-order valence-electron chi connectivity index (χ1n) is 6.73. The minimum absolute atomic E-state index is 0.544. The molecule has 2 nitrogen and oxygen atoms in total. The Morgan fingerprint density at radius 3 is 2.67 bits per heavy atom. The minimum Gasteiger partial charge on any atom is -0.350 e. The van der Waals surface area contributed by atoms with E-state index in [1.807, 2.05) is 0 Å². The fraction of sp³-hybridized carbons (Fsp3) is 0.375. The van der Waals surface area contributed by atoms with Gasteiger partial charge in [-0.25, -0.2) is 0 Å². The molecule has 0 amide bonds. The van der Waals surface area contributed by atoms with Crippen molar-refractivity contribution in [3.05, 3.63) is 59.9 Å². The SMILES string of the molecule is CNC(c1ccn(Cc2ccccc2)c1)C1CC1. The van der Waals surface area contributed by atoms with Crippen molar-refractivity contribution >= 4 is 0 Å². The van der Waals surface area contributed by atoms with Crippen molar-refractivity contribution in [3.63, 3.8) is 0 Å². The lowest BCUT2D eigenvalue weighted by atomic mass is 10.1. The van der Waals surface area contributed by atoms with Gasteiger partial charge < -0.3 is 9.88 Å². The van der Waals surface area contributed by atoms with Crippen LogP contribution in [0.5, 0.6) is 0 Å². The average molecular weight is 240 g/mol. The normalized spacial score (nSPS) is 16.7. The fourth-order valence-electron chi connectivity index (χ4n) is 2.64. The van der Waals surface area contributed by atoms with Crippen LogP contribution in [0.2, 0.25) is 0 Å². The summed E-state index contributed by atoms with van der Waals surface area (Å²) in [5.74, 6) is 0.850. The number of nitrogens with one attached hydrogen (secondary N) is 1. The summed E-state index contributed by atoms with van der Waals surface area (Å²) in [6, 6.07) is 13.4. The molecule has 1 N–H and O–H groups in total. The summed E-state index contributed by atoms with van der Waals surface area (Å²) < 4.78 is 2.28. The van der Waals surface area contributed by atoms with Crippen LogP contribution in [0.15, 0.2) is 48.8 Å². The van der Waals surface area contributed by atoms with Gasteiger partial charge in [-0.1, -0.05) is 30.3 Å². The Bertz CT molecular complexity index is 497. The van der Waals surface area contributed by atoms with E-state index in [1.165, 1.54) is 24.0 Å². The molecule has 2 aromatic rings. The zero-order valence-electron chi connectivity index (χ0n) is 10.8. The molecule has 1 aromatic carbocycles. The number of hydrogen-bond acceptors (Lipinski definition) is 1. The van der Waals surface area contributed by atoms with Crippen molar-refractivity contribution in [1.82, 2.24) is 9.88 Å². The lowest BCUT2D eigenvalue weighted by Crippen LogP contribution is -2.17. The number of aromatic nitrogens is 1. The molecule has 2 heteroatoms. The molecule has 1 heterocycles. The van der Waals surface area contributed by atoms with Crippen LogP contribution in [-0.2, 0) is 6.54 Å². The predicted octanol–water partition coefficient (Wildman–Crippen LogP) is 3.21. The second-order valence-electron chi connectivity index (χ2n) is 5.21. The van der Waals surface area contributed by atoms with Crippen LogP contribution in [0.4, 0.5) is 0 Å². The second-order valence-corrected chi connectivity index (χ2v) is 5.21. The van der Waals surface area contributed by atoms with Gasteiger partial charge in [0.15, 0.2) is 0 Å². The quantitative estimate of drug-likeness (QED) is 0.849. The van der Waals surface area contributed by atoms with Gasteiger partial charge in [0.2, 0.25) is 0 Å². The molecule has 0 radical (unpaired) electrons. The van der Waals surface area contributed by atoms with Gasteiger partial charge in [-0.2, -0.15) is 0 Å². The zero-order valence-corrected chi connectivity index (χ0v) is 10.8. The molecule has 1 unspecified atom stereocenters. The molecule has 1 aliphatic carbocycles. The predicted molar refractivity (Wildman–Crippen MR) is 74.5 cm³/mol. The van der Waals surface area contributed by atoms with Crippen molar-refractivity contribution in [2.24, 2.45) is 5.92 Å². The maximum absolute atomic E-state index is 3.44. The molecule has 94 valence electrons. The van der Waals surface area contributed by atoms with Crippen molar-refractivity contribution in [3.8, 4) is 0 Å². The maximum Gasteiger partial charge on any atom is 0.0470 e. The monoisotopic (exact) mass is 240 g/mol. The lowest BCUT2D eigenvalue weighted by Gasteiger charge is -2.13. The smallest absolute Gasteiger partial charge is 0.0470 e. The zero-order chi connectivity index (χ0) is 12.4. The Morgan fingerprint density at radius 2 is 2.00 bits per heavy atom. The molecule has 0 spiro atoms. The van der Waals surface area contributed by atoms with Gasteiger partial charge in [0.1, 0.15) is 0 Å². The third kappa shape index (κ3) is 2.49. The molecule has 1 aromatic heterocycles. The third-order valence-corrected chi connectivity index (χ3v) is 3.74. The first kappa shape index (κ1) is 11.5. The fourth-order valence-corrected chi connectivity index (χ4v) is 2.64. The Balaban J connectivity index is 1.73. The minimum atomic E-state index is 0.544. The number of hydrogen-bond donors (Lipinski definition) is 1. The van der Waals surface area contributed by atoms with Crippen LogP contribution in [0.25, 0.3) is 0 Å². The van der Waals surface area contributed by atoms with E-state index in [9.17, 15) is 0 Å². The van der Waals surface area contributed by atoms with E-state index in [0.717, 1.165) is 12.5 Å². The Labute approximate surface area is 109 Å². The van der Waals surface area contributed by atoms with E-state index >= 15 is 0 Å². The molecule has 1 atom stereocenters. The molecule has 18 heavy (non-hydrogen) atoms. The molecular formula is C16H20N2. The van der Waals surface area contributed by atoms with Crippen LogP contribution in [0.3, 0.4) is 0 Å². The topological polar surface area (TPSA) is 17.0 Å². The second kappa shape index (κ2) is 4.99. The van der Waals surface area contributed by atoms with E-state index in [1.54, 1.807) is 0 Å². The molecule has 1 fully saturated rings. The summed E-state index contributed by atoms with van der Waals surface area (Å²) in [6.45, 7) is 0.960. The van der Waals surface area contributed by atoms with E-state index in [-0.39, 0.29) is 0 Å². The van der Waals surface area contributed by atoms with Crippen molar-refractivity contribution in [2.45, 2.75) is 25.4 Å². The molecule has 0 saturated heterocycles. The van der Waals surface area contributed by atoms with Gasteiger partial charge in [0.05, 0.1) is 0 Å². The van der Waals surface area contributed by atoms with Crippen LogP contribution < -0.4 is 5.32 Å². The van der Waals surface area contributed by atoms with Crippen molar-refractivity contribution in [2.75, 3.05) is 7.05 Å². The highest BCUT2D eigenvalue weighted by Crippen LogP contribution is 2.40. The van der Waals surface area contributed by atoms with Gasteiger partial charge in [0, 0.05) is 25.0 Å². The van der Waals surface area contributed by atoms with Crippen LogP contribution in [0.1, 0.15) is 30.0 Å². The summed E-state index contributed by atoms with van der Waals surface area (Å²) in [5.41, 5.74) is 2.78. The average Bonchev–Trinajstić information content (AvgIpc) is 3.13. The molecular weight excluding hydrogens is 220 g/mol. The summed E-state index contributed by atoms with van der Waals surface area (Å²) >= 11 is 0. The van der Waals surface area contributed by atoms with Crippen LogP contribution in [0, 0.1) is 5.92 Å². The Morgan fingerprint density at radius 1 is 1.22 bits per heavy atom. The maximum atomic E-state index is 3.44. The standard InChI is InChI=1S/C16H20N2/c1-17-16(14-7-8-14)15-9-10-18(12-15)11-13-5-3-2-4-6-13/h2-6,9-10,12,14,16-17H,7-8,11H2,1H3. The molecule has 0 bridgehead atoms. The number of rotatable bonds is 5. The lowest BCUT2D eigenvalue weighted by molar-refractivity contribution is 0.528. The van der Waals surface area contributed by atoms with Crippen molar-refractivity contribution < 1.29 is 0 Å². The van der Waals surface area contributed by atoms with Gasteiger partial charge in [-0.15, -0.1) is 0 Å². The first-order chi connectivity index (χ1) is 8.86. The van der Waals surface area contributed by atoms with E-state index < -0.39 is 0 Å². The molecule has 1 aliphatic rings. The highest BCUT2D eigenvalue weighted by Gasteiger charge is 2.31. The van der Waals surface area contributed by atoms with Gasteiger partial charge in [-0.05, 0) is 43.0 Å². The van der Waals surface area contributed by atoms with Gasteiger partial charge >= 0.3 is 0 Å². The number of nitrogens with zero attached hydrogens (tertiary/aromatic N) is 1. The summed E-state index contributed by atoms with van der Waals surface area (Å²) in [6.07, 6.45) is 7.21. The Kier molecular flexibility index (Phi) is 3.20. The summed E-state index contributed by atoms with van der Waals surface area (Å²) in [7, 11) is 2.07. The van der Waals surface area contributed by atoms with Crippen molar-refractivity contribution in [1.29, 1.82) is 0 Å². The van der Waals surface area contributed by atoms with E-state index in [0.29, 0.717) is 6.04 Å². The number of benzene rings is 1. The summed E-state index contributed by atoms with van der Waals surface area (Å²) in [4.78, 5) is 0. The van der Waals surface area contributed by atoms with Crippen LogP contribution in [-0.4, -0.2) is 11.6 Å². The largest absolute Gasteiger partial charge is 0.350 e. The summed E-state index contributed by atoms with van der Waals surface area (Å²) in [5, 5.41) is 3.44. The molecule has 0 aliphatic heterocycles. The highest BCUT2D eigenvalue weighted by atomic mass is 15.0. The molecule has 3 rings (SSSR count). The van der Waals surface area contributed by atoms with Gasteiger partial charge in [0.25, 0.3) is 0 Å². The third-order valence-electron chi connectivity index (χ3n) is 3.74. The van der Waals surface area contributed by atoms with Crippen LogP contribution >= 0.6 is 0 Å². The van der Waals surface area contributed by atoms with E-state index in [4.69, 9.17) is 0 Å².